The molecule has 1 aliphatic rings. The smallest absolute Gasteiger partial charge is 0.319 e. The molecule has 3 rings (SSSR count). The number of amides is 3. The van der Waals surface area contributed by atoms with Gasteiger partial charge < -0.3 is 24.7 Å². The maximum absolute atomic E-state index is 12.7. The maximum atomic E-state index is 12.7. The third kappa shape index (κ3) is 4.51. The normalized spacial score (nSPS) is 18.9. The van der Waals surface area contributed by atoms with Gasteiger partial charge in [0.15, 0.2) is 6.39 Å². The summed E-state index contributed by atoms with van der Waals surface area (Å²) >= 11 is 0. The largest absolute Gasteiger partial charge is 0.438 e. The van der Waals surface area contributed by atoms with Crippen LogP contribution in [0.1, 0.15) is 34.7 Å². The summed E-state index contributed by atoms with van der Waals surface area (Å²) < 4.78 is 10.5. The first-order valence-electron chi connectivity index (χ1n) is 9.26. The molecule has 1 aliphatic heterocycles. The van der Waals surface area contributed by atoms with E-state index in [0.29, 0.717) is 38.2 Å². The summed E-state index contributed by atoms with van der Waals surface area (Å²) in [6.45, 7) is 5.09. The van der Waals surface area contributed by atoms with Gasteiger partial charge in [-0.25, -0.2) is 9.78 Å². The Labute approximate surface area is 164 Å². The maximum Gasteiger partial charge on any atom is 0.319 e. The van der Waals surface area contributed by atoms with Crippen LogP contribution in [0.15, 0.2) is 35.1 Å². The van der Waals surface area contributed by atoms with Crippen LogP contribution in [0.25, 0.3) is 0 Å². The minimum Gasteiger partial charge on any atom is -0.438 e. The number of carbonyl (C=O) groups is 2. The van der Waals surface area contributed by atoms with Crippen molar-refractivity contribution >= 4 is 17.6 Å². The number of nitrogens with zero attached hydrogens (tertiary/aromatic N) is 2. The van der Waals surface area contributed by atoms with Crippen molar-refractivity contribution in [1.82, 2.24) is 15.2 Å². The molecule has 0 bridgehead atoms. The van der Waals surface area contributed by atoms with E-state index in [1.807, 2.05) is 31.2 Å². The molecule has 1 fully saturated rings. The zero-order chi connectivity index (χ0) is 20.1. The van der Waals surface area contributed by atoms with Gasteiger partial charge in [0, 0.05) is 32.5 Å². The molecule has 2 N–H and O–H groups in total. The van der Waals surface area contributed by atoms with E-state index in [2.05, 4.69) is 15.6 Å². The van der Waals surface area contributed by atoms with Gasteiger partial charge in [-0.1, -0.05) is 12.1 Å². The summed E-state index contributed by atoms with van der Waals surface area (Å²) in [4.78, 5) is 31.0. The van der Waals surface area contributed by atoms with Crippen molar-refractivity contribution in [3.8, 4) is 0 Å². The van der Waals surface area contributed by atoms with Crippen molar-refractivity contribution in [3.05, 3.63) is 47.7 Å². The van der Waals surface area contributed by atoms with Gasteiger partial charge in [0.05, 0.1) is 11.2 Å². The first-order valence-corrected chi connectivity index (χ1v) is 9.26. The summed E-state index contributed by atoms with van der Waals surface area (Å²) in [5.74, 6) is 0.0296. The lowest BCUT2D eigenvalue weighted by Crippen LogP contribution is -2.53. The van der Waals surface area contributed by atoms with E-state index in [1.165, 1.54) is 6.39 Å². The number of ether oxygens (including phenoxy) is 1. The monoisotopic (exact) mass is 386 g/mol. The molecule has 0 radical (unpaired) electrons. The van der Waals surface area contributed by atoms with Crippen molar-refractivity contribution < 1.29 is 18.7 Å². The Morgan fingerprint density at radius 1 is 1.36 bits per heavy atom. The van der Waals surface area contributed by atoms with Gasteiger partial charge in [0.1, 0.15) is 0 Å². The third-order valence-electron chi connectivity index (χ3n) is 5.02. The summed E-state index contributed by atoms with van der Waals surface area (Å²) in [5, 5.41) is 5.94. The highest BCUT2D eigenvalue weighted by molar-refractivity contribution is 5.93. The Balaban J connectivity index is 1.69. The number of hydrogen-bond donors (Lipinski definition) is 2. The number of oxazole rings is 1. The van der Waals surface area contributed by atoms with Gasteiger partial charge in [0.25, 0.3) is 5.91 Å². The number of aromatic nitrogens is 1. The van der Waals surface area contributed by atoms with Crippen molar-refractivity contribution in [2.45, 2.75) is 32.2 Å². The second-order valence-electron chi connectivity index (χ2n) is 7.22. The molecular formula is C20H26N4O4. The molecule has 150 valence electrons. The summed E-state index contributed by atoms with van der Waals surface area (Å²) in [6, 6.07) is 7.30. The molecule has 28 heavy (non-hydrogen) atoms. The van der Waals surface area contributed by atoms with E-state index in [9.17, 15) is 9.59 Å². The van der Waals surface area contributed by atoms with Gasteiger partial charge in [-0.05, 0) is 44.4 Å². The van der Waals surface area contributed by atoms with Crippen LogP contribution < -0.4 is 10.6 Å². The number of aryl methyl sites for hydroxylation is 2. The molecule has 1 saturated heterocycles. The van der Waals surface area contributed by atoms with Gasteiger partial charge >= 0.3 is 6.03 Å². The van der Waals surface area contributed by atoms with Crippen molar-refractivity contribution in [2.24, 2.45) is 0 Å². The Hall–Kier alpha value is -2.87. The number of hydrogen-bond acceptors (Lipinski definition) is 5. The molecule has 1 aromatic carbocycles. The SMILES string of the molecule is COCCC1(NC(=O)Nc2cccc(C)c2)CCN(C(=O)c2ocnc2C)C1. The fourth-order valence-electron chi connectivity index (χ4n) is 3.49. The summed E-state index contributed by atoms with van der Waals surface area (Å²) in [7, 11) is 1.62. The number of methoxy groups -OCH3 is 1. The van der Waals surface area contributed by atoms with Crippen LogP contribution in [0, 0.1) is 13.8 Å². The fourth-order valence-corrected chi connectivity index (χ4v) is 3.49. The number of carbonyl (C=O) groups excluding carboxylic acids is 2. The molecular weight excluding hydrogens is 360 g/mol. The quantitative estimate of drug-likeness (QED) is 0.796. The molecule has 2 aromatic rings. The van der Waals surface area contributed by atoms with Crippen LogP contribution in [0.4, 0.5) is 10.5 Å². The molecule has 2 heterocycles. The van der Waals surface area contributed by atoms with E-state index in [-0.39, 0.29) is 17.7 Å². The zero-order valence-corrected chi connectivity index (χ0v) is 16.4. The second kappa shape index (κ2) is 8.43. The number of likely N-dealkylation sites (tertiary alicyclic amines) is 1. The van der Waals surface area contributed by atoms with E-state index in [1.54, 1.807) is 18.9 Å². The van der Waals surface area contributed by atoms with Gasteiger partial charge in [-0.15, -0.1) is 0 Å². The molecule has 1 aromatic heterocycles. The predicted octanol–water partition coefficient (Wildman–Crippen LogP) is 2.73. The Kier molecular flexibility index (Phi) is 5.99. The average Bonchev–Trinajstić information content (AvgIpc) is 3.26. The lowest BCUT2D eigenvalue weighted by Gasteiger charge is -2.30. The highest BCUT2D eigenvalue weighted by atomic mass is 16.5. The number of anilines is 1. The van der Waals surface area contributed by atoms with Gasteiger partial charge in [0.2, 0.25) is 5.76 Å². The van der Waals surface area contributed by atoms with Crippen LogP contribution in [-0.4, -0.2) is 54.2 Å². The average molecular weight is 386 g/mol. The topological polar surface area (TPSA) is 96.7 Å². The first kappa shape index (κ1) is 19.9. The second-order valence-corrected chi connectivity index (χ2v) is 7.22. The molecule has 8 nitrogen and oxygen atoms in total. The lowest BCUT2D eigenvalue weighted by molar-refractivity contribution is 0.0740. The molecule has 1 unspecified atom stereocenters. The minimum absolute atomic E-state index is 0.213. The molecule has 8 heteroatoms. The van der Waals surface area contributed by atoms with Crippen molar-refractivity contribution in [3.63, 3.8) is 0 Å². The van der Waals surface area contributed by atoms with E-state index in [4.69, 9.17) is 9.15 Å². The molecule has 0 saturated carbocycles. The standard InChI is InChI=1S/C20H26N4O4/c1-14-5-4-6-16(11-14)22-19(26)23-20(8-10-27-3)7-9-24(12-20)18(25)17-15(2)21-13-28-17/h4-6,11,13H,7-10,12H2,1-3H3,(H2,22,23,26). The highest BCUT2D eigenvalue weighted by Crippen LogP contribution is 2.27. The van der Waals surface area contributed by atoms with Crippen molar-refractivity contribution in [1.29, 1.82) is 0 Å². The van der Waals surface area contributed by atoms with Crippen LogP contribution in [0.5, 0.6) is 0 Å². The molecule has 3 amide bonds. The minimum atomic E-state index is -0.562. The first-order chi connectivity index (χ1) is 13.4. The third-order valence-corrected chi connectivity index (χ3v) is 5.02. The Bertz CT molecular complexity index is 850. The Morgan fingerprint density at radius 3 is 2.86 bits per heavy atom. The number of urea groups is 1. The van der Waals surface area contributed by atoms with Crippen LogP contribution in [0.2, 0.25) is 0 Å². The zero-order valence-electron chi connectivity index (χ0n) is 16.4. The molecule has 0 spiro atoms. The van der Waals surface area contributed by atoms with Crippen LogP contribution >= 0.6 is 0 Å². The van der Waals surface area contributed by atoms with Crippen LogP contribution in [-0.2, 0) is 4.74 Å². The fraction of sp³-hybridized carbons (Fsp3) is 0.450. The molecule has 0 aliphatic carbocycles. The highest BCUT2D eigenvalue weighted by Gasteiger charge is 2.42. The molecule has 1 atom stereocenters. The Morgan fingerprint density at radius 2 is 2.18 bits per heavy atom. The van der Waals surface area contributed by atoms with Crippen molar-refractivity contribution in [2.75, 3.05) is 32.1 Å². The number of benzene rings is 1. The summed E-state index contributed by atoms with van der Waals surface area (Å²) in [5.41, 5.74) is 1.78. The van der Waals surface area contributed by atoms with E-state index in [0.717, 1.165) is 11.3 Å². The number of nitrogens with one attached hydrogen (secondary N) is 2. The number of rotatable bonds is 6. The van der Waals surface area contributed by atoms with Gasteiger partial charge in [-0.2, -0.15) is 0 Å². The van der Waals surface area contributed by atoms with E-state index >= 15 is 0 Å². The summed E-state index contributed by atoms with van der Waals surface area (Å²) in [6.07, 6.45) is 2.50. The predicted molar refractivity (Wildman–Crippen MR) is 104 cm³/mol. The van der Waals surface area contributed by atoms with Gasteiger partial charge in [-0.3, -0.25) is 4.79 Å². The van der Waals surface area contributed by atoms with E-state index < -0.39 is 5.54 Å². The lowest BCUT2D eigenvalue weighted by atomic mass is 9.94. The van der Waals surface area contributed by atoms with Crippen LogP contribution in [0.3, 0.4) is 0 Å².